The van der Waals surface area contributed by atoms with Gasteiger partial charge in [0.2, 0.25) is 0 Å². The molecule has 3 heterocycles. The van der Waals surface area contributed by atoms with Gasteiger partial charge in [0, 0.05) is 48.0 Å². The van der Waals surface area contributed by atoms with Crippen molar-refractivity contribution in [3.63, 3.8) is 0 Å². The van der Waals surface area contributed by atoms with E-state index in [1.807, 2.05) is 0 Å². The maximum absolute atomic E-state index is 13.9. The zero-order valence-electron chi connectivity index (χ0n) is 14.7. The average molecular weight is 446 g/mol. The summed E-state index contributed by atoms with van der Waals surface area (Å²) in [5.41, 5.74) is -0.173. The second kappa shape index (κ2) is 8.28. The molecule has 150 valence electrons. The number of rotatable bonds is 4. The lowest BCUT2D eigenvalue weighted by molar-refractivity contribution is 0.501. The van der Waals surface area contributed by atoms with E-state index in [1.165, 1.54) is 12.1 Å². The summed E-state index contributed by atoms with van der Waals surface area (Å²) < 4.78 is 53.8. The molecule has 0 spiro atoms. The van der Waals surface area contributed by atoms with Crippen LogP contribution in [0, 0.1) is 11.6 Å². The monoisotopic (exact) mass is 445 g/mol. The Kier molecular flexibility index (Phi) is 6.18. The Labute approximate surface area is 171 Å². The molecule has 28 heavy (non-hydrogen) atoms. The van der Waals surface area contributed by atoms with Crippen LogP contribution in [0.1, 0.15) is 5.56 Å². The highest BCUT2D eigenvalue weighted by Gasteiger charge is 2.24. The van der Waals surface area contributed by atoms with Crippen LogP contribution in [0.25, 0.3) is 10.1 Å². The molecule has 0 atom stereocenters. The lowest BCUT2D eigenvalue weighted by Crippen LogP contribution is -2.43. The third kappa shape index (κ3) is 3.98. The van der Waals surface area contributed by atoms with Gasteiger partial charge >= 0.3 is 0 Å². The number of hydrogen-bond donors (Lipinski definition) is 1. The van der Waals surface area contributed by atoms with Crippen molar-refractivity contribution in [1.82, 2.24) is 10.3 Å². The summed E-state index contributed by atoms with van der Waals surface area (Å²) in [6.07, 6.45) is 1.67. The summed E-state index contributed by atoms with van der Waals surface area (Å²) in [6, 6.07) is 6.93. The number of nitrogens with one attached hydrogen (secondary N) is 1. The molecule has 2 aromatic heterocycles. The number of pyridine rings is 1. The van der Waals surface area contributed by atoms with Crippen molar-refractivity contribution in [3.8, 4) is 0 Å². The quantitative estimate of drug-likeness (QED) is 0.667. The molecule has 1 aliphatic heterocycles. The topological polar surface area (TPSA) is 62.3 Å². The van der Waals surface area contributed by atoms with Gasteiger partial charge in [0.1, 0.15) is 10.0 Å². The van der Waals surface area contributed by atoms with Crippen LogP contribution in [0.5, 0.6) is 0 Å². The van der Waals surface area contributed by atoms with Crippen LogP contribution in [-0.4, -0.2) is 39.6 Å². The third-order valence-corrected chi connectivity index (χ3v) is 7.83. The fourth-order valence-electron chi connectivity index (χ4n) is 3.14. The van der Waals surface area contributed by atoms with Gasteiger partial charge in [-0.1, -0.05) is 12.1 Å². The van der Waals surface area contributed by atoms with Gasteiger partial charge in [-0.15, -0.1) is 23.7 Å². The van der Waals surface area contributed by atoms with Crippen LogP contribution < -0.4 is 10.2 Å². The molecule has 5 nitrogen and oxygen atoms in total. The lowest BCUT2D eigenvalue weighted by Gasteiger charge is -2.28. The van der Waals surface area contributed by atoms with Crippen LogP contribution in [0.2, 0.25) is 0 Å². The molecule has 1 N–H and O–H groups in total. The summed E-state index contributed by atoms with van der Waals surface area (Å²) in [5.74, 6) is -2.00. The van der Waals surface area contributed by atoms with Crippen molar-refractivity contribution in [2.75, 3.05) is 31.1 Å². The van der Waals surface area contributed by atoms with Crippen molar-refractivity contribution < 1.29 is 17.2 Å². The molecule has 10 heteroatoms. The molecular formula is C18H18ClF2N3O2S2. The number of fused-ring (bicyclic) bond motifs is 1. The number of thiophene rings is 1. The Balaban J connectivity index is 0.00000225. The van der Waals surface area contributed by atoms with Gasteiger partial charge in [0.15, 0.2) is 21.5 Å². The number of benzene rings is 1. The smallest absolute Gasteiger partial charge is 0.192 e. The number of anilines is 1. The number of piperazine rings is 1. The fourth-order valence-corrected chi connectivity index (χ4v) is 5.95. The first-order chi connectivity index (χ1) is 13.0. The van der Waals surface area contributed by atoms with Crippen LogP contribution >= 0.6 is 23.7 Å². The molecule has 0 bridgehead atoms. The van der Waals surface area contributed by atoms with E-state index in [0.717, 1.165) is 59.5 Å². The molecule has 0 saturated carbocycles. The van der Waals surface area contributed by atoms with E-state index in [2.05, 4.69) is 15.2 Å². The minimum atomic E-state index is -3.81. The first-order valence-electron chi connectivity index (χ1n) is 8.45. The van der Waals surface area contributed by atoms with Crippen molar-refractivity contribution in [2.24, 2.45) is 0 Å². The van der Waals surface area contributed by atoms with E-state index >= 15 is 0 Å². The van der Waals surface area contributed by atoms with E-state index in [-0.39, 0.29) is 22.2 Å². The molecular weight excluding hydrogens is 428 g/mol. The predicted molar refractivity (Wildman–Crippen MR) is 109 cm³/mol. The third-order valence-electron chi connectivity index (χ3n) is 4.50. The predicted octanol–water partition coefficient (Wildman–Crippen LogP) is 3.38. The van der Waals surface area contributed by atoms with E-state index in [4.69, 9.17) is 0 Å². The van der Waals surface area contributed by atoms with Gasteiger partial charge in [-0.25, -0.2) is 22.2 Å². The Hall–Kier alpha value is -1.81. The van der Waals surface area contributed by atoms with Crippen LogP contribution in [0.3, 0.4) is 0 Å². The van der Waals surface area contributed by atoms with Gasteiger partial charge in [0.05, 0.1) is 5.75 Å². The zero-order valence-corrected chi connectivity index (χ0v) is 17.1. The Morgan fingerprint density at radius 3 is 2.68 bits per heavy atom. The summed E-state index contributed by atoms with van der Waals surface area (Å²) in [7, 11) is -3.81. The summed E-state index contributed by atoms with van der Waals surface area (Å²) >= 11 is 1.13. The number of sulfone groups is 1. The molecule has 4 rings (SSSR count). The maximum Gasteiger partial charge on any atom is 0.192 e. The average Bonchev–Trinajstić information content (AvgIpc) is 3.11. The SMILES string of the molecule is Cl.O=S(=O)(Cc1cccc(F)c1F)c1cc2c(N3CCNCC3)nccc2s1. The van der Waals surface area contributed by atoms with Crippen LogP contribution in [0.4, 0.5) is 14.6 Å². The standard InChI is InChI=1S/C18H17F2N3O2S2.ClH/c19-14-3-1-2-12(17(14)20)11-27(24,25)16-10-13-15(26-16)4-5-22-18(13)23-8-6-21-7-9-23;/h1-5,10,21H,6-9,11H2;1H. The summed E-state index contributed by atoms with van der Waals surface area (Å²) in [4.78, 5) is 6.56. The molecule has 1 saturated heterocycles. The Bertz CT molecular complexity index is 1100. The molecule has 0 aliphatic carbocycles. The minimum absolute atomic E-state index is 0. The van der Waals surface area contributed by atoms with E-state index in [0.29, 0.717) is 0 Å². The Morgan fingerprint density at radius 1 is 1.18 bits per heavy atom. The molecule has 3 aromatic rings. The summed E-state index contributed by atoms with van der Waals surface area (Å²) in [6.45, 7) is 3.26. The van der Waals surface area contributed by atoms with E-state index in [9.17, 15) is 17.2 Å². The normalized spacial score (nSPS) is 14.9. The van der Waals surface area contributed by atoms with Crippen molar-refractivity contribution in [1.29, 1.82) is 0 Å². The molecule has 0 unspecified atom stereocenters. The van der Waals surface area contributed by atoms with E-state index < -0.39 is 27.2 Å². The maximum atomic E-state index is 13.9. The highest BCUT2D eigenvalue weighted by atomic mass is 35.5. The molecule has 1 aliphatic rings. The first kappa shape index (κ1) is 20.9. The van der Waals surface area contributed by atoms with E-state index in [1.54, 1.807) is 18.3 Å². The fraction of sp³-hybridized carbons (Fsp3) is 0.278. The second-order valence-electron chi connectivity index (χ2n) is 6.32. The molecule has 1 fully saturated rings. The van der Waals surface area contributed by atoms with Gasteiger partial charge < -0.3 is 10.2 Å². The van der Waals surface area contributed by atoms with Crippen molar-refractivity contribution in [3.05, 3.63) is 53.7 Å². The van der Waals surface area contributed by atoms with Crippen molar-refractivity contribution >= 4 is 49.5 Å². The van der Waals surface area contributed by atoms with Gasteiger partial charge in [0.25, 0.3) is 0 Å². The number of aromatic nitrogens is 1. The largest absolute Gasteiger partial charge is 0.354 e. The molecule has 1 aromatic carbocycles. The first-order valence-corrected chi connectivity index (χ1v) is 10.9. The second-order valence-corrected chi connectivity index (χ2v) is 9.62. The minimum Gasteiger partial charge on any atom is -0.354 e. The van der Waals surface area contributed by atoms with Gasteiger partial charge in [-0.2, -0.15) is 0 Å². The summed E-state index contributed by atoms with van der Waals surface area (Å²) in [5, 5.41) is 4.04. The Morgan fingerprint density at radius 2 is 1.93 bits per heavy atom. The number of hydrogen-bond acceptors (Lipinski definition) is 6. The zero-order chi connectivity index (χ0) is 19.0. The van der Waals surface area contributed by atoms with Gasteiger partial charge in [-0.3, -0.25) is 0 Å². The van der Waals surface area contributed by atoms with Gasteiger partial charge in [-0.05, 0) is 18.2 Å². The van der Waals surface area contributed by atoms with Crippen LogP contribution in [-0.2, 0) is 15.6 Å². The number of halogens is 3. The highest BCUT2D eigenvalue weighted by molar-refractivity contribution is 7.92. The molecule has 0 amide bonds. The molecule has 0 radical (unpaired) electrons. The van der Waals surface area contributed by atoms with Crippen molar-refractivity contribution in [2.45, 2.75) is 9.96 Å². The highest BCUT2D eigenvalue weighted by Crippen LogP contribution is 2.35. The number of nitrogens with zero attached hydrogens (tertiary/aromatic N) is 2. The van der Waals surface area contributed by atoms with Crippen LogP contribution in [0.15, 0.2) is 40.7 Å². The lowest BCUT2D eigenvalue weighted by atomic mass is 10.2.